The largest absolute Gasteiger partial charge is 0.309 e. The molecule has 1 N–H and O–H groups in total. The third-order valence-corrected chi connectivity index (χ3v) is 4.15. The summed E-state index contributed by atoms with van der Waals surface area (Å²) in [7, 11) is 1.83. The first kappa shape index (κ1) is 14.7. The van der Waals surface area contributed by atoms with Crippen molar-refractivity contribution in [2.75, 3.05) is 11.9 Å². The summed E-state index contributed by atoms with van der Waals surface area (Å²) in [5.41, 5.74) is 1.14. The Kier molecular flexibility index (Phi) is 4.44. The summed E-state index contributed by atoms with van der Waals surface area (Å²) in [4.78, 5) is 23.2. The lowest BCUT2D eigenvalue weighted by Gasteiger charge is -2.30. The van der Waals surface area contributed by atoms with Crippen molar-refractivity contribution >= 4 is 11.7 Å². The number of nitrogens with zero attached hydrogens (tertiary/aromatic N) is 3. The molecule has 1 amide bonds. The highest BCUT2D eigenvalue weighted by Gasteiger charge is 2.34. The minimum atomic E-state index is -0.171. The van der Waals surface area contributed by atoms with Crippen molar-refractivity contribution in [1.82, 2.24) is 15.3 Å². The van der Waals surface area contributed by atoms with Crippen LogP contribution < -0.4 is 10.2 Å². The normalized spacial score (nSPS) is 22.4. The van der Waals surface area contributed by atoms with Crippen LogP contribution in [0.15, 0.2) is 48.9 Å². The van der Waals surface area contributed by atoms with E-state index in [0.717, 1.165) is 24.8 Å². The zero-order chi connectivity index (χ0) is 15.4. The average Bonchev–Trinajstić information content (AvgIpc) is 2.75. The molecule has 5 nitrogen and oxygen atoms in total. The zero-order valence-corrected chi connectivity index (χ0v) is 12.6. The number of aromatic nitrogens is 2. The minimum absolute atomic E-state index is 0.00347. The van der Waals surface area contributed by atoms with Crippen LogP contribution in [0.1, 0.15) is 30.9 Å². The molecular formula is C17H20N4O. The summed E-state index contributed by atoms with van der Waals surface area (Å²) in [5.74, 6) is 0.679. The van der Waals surface area contributed by atoms with Crippen LogP contribution in [0.2, 0.25) is 0 Å². The van der Waals surface area contributed by atoms with Crippen LogP contribution in [-0.4, -0.2) is 29.0 Å². The molecule has 1 aliphatic heterocycles. The average molecular weight is 296 g/mol. The first-order valence-corrected chi connectivity index (χ1v) is 7.62. The molecule has 2 heterocycles. The van der Waals surface area contributed by atoms with Gasteiger partial charge in [0.25, 0.3) is 0 Å². The zero-order valence-electron chi connectivity index (χ0n) is 12.6. The highest BCUT2D eigenvalue weighted by molar-refractivity contribution is 5.97. The molecule has 0 bridgehead atoms. The molecule has 3 rings (SSSR count). The fourth-order valence-electron chi connectivity index (χ4n) is 3.04. The summed E-state index contributed by atoms with van der Waals surface area (Å²) < 4.78 is 0. The highest BCUT2D eigenvalue weighted by Crippen LogP contribution is 2.33. The maximum atomic E-state index is 13.0. The second kappa shape index (κ2) is 6.66. The van der Waals surface area contributed by atoms with E-state index in [2.05, 4.69) is 27.4 Å². The monoisotopic (exact) mass is 296 g/mol. The fourth-order valence-corrected chi connectivity index (χ4v) is 3.04. The molecule has 1 aliphatic rings. The van der Waals surface area contributed by atoms with Gasteiger partial charge in [-0.3, -0.25) is 14.7 Å². The van der Waals surface area contributed by atoms with Crippen molar-refractivity contribution in [2.24, 2.45) is 0 Å². The lowest BCUT2D eigenvalue weighted by Crippen LogP contribution is -2.45. The third-order valence-electron chi connectivity index (χ3n) is 4.15. The quantitative estimate of drug-likeness (QED) is 0.944. The number of benzene rings is 1. The molecule has 2 aromatic rings. The van der Waals surface area contributed by atoms with Crippen molar-refractivity contribution in [2.45, 2.75) is 31.3 Å². The number of hydrogen-bond acceptors (Lipinski definition) is 4. The van der Waals surface area contributed by atoms with E-state index in [1.807, 2.05) is 25.2 Å². The van der Waals surface area contributed by atoms with Crippen molar-refractivity contribution in [3.8, 4) is 0 Å². The van der Waals surface area contributed by atoms with Crippen LogP contribution in [0.5, 0.6) is 0 Å². The standard InChI is InChI=1S/C17H20N4O/c1-18-14-8-5-9-15(13-6-3-2-4-7-13)21(17(14)22)16-12-19-10-11-20-16/h2-4,6-7,10-12,14-15,18H,5,8-9H2,1H3. The van der Waals surface area contributed by atoms with E-state index in [0.29, 0.717) is 5.82 Å². The summed E-state index contributed by atoms with van der Waals surface area (Å²) in [6.07, 6.45) is 7.67. The van der Waals surface area contributed by atoms with Gasteiger partial charge in [-0.25, -0.2) is 4.98 Å². The Bertz CT molecular complexity index is 617. The number of likely N-dealkylation sites (N-methyl/N-ethyl adjacent to an activating group) is 1. The second-order valence-corrected chi connectivity index (χ2v) is 5.47. The Labute approximate surface area is 130 Å². The minimum Gasteiger partial charge on any atom is -0.309 e. The molecule has 114 valence electrons. The van der Waals surface area contributed by atoms with E-state index in [1.165, 1.54) is 0 Å². The van der Waals surface area contributed by atoms with Crippen LogP contribution in [0.4, 0.5) is 5.82 Å². The van der Waals surface area contributed by atoms with Gasteiger partial charge in [-0.2, -0.15) is 0 Å². The summed E-state index contributed by atoms with van der Waals surface area (Å²) >= 11 is 0. The number of amides is 1. The van der Waals surface area contributed by atoms with Crippen molar-refractivity contribution in [1.29, 1.82) is 0 Å². The molecule has 1 aromatic heterocycles. The molecule has 0 aliphatic carbocycles. The Hall–Kier alpha value is -2.27. The fraction of sp³-hybridized carbons (Fsp3) is 0.353. The molecule has 0 radical (unpaired) electrons. The Morgan fingerprint density at radius 2 is 2.00 bits per heavy atom. The van der Waals surface area contributed by atoms with Crippen molar-refractivity contribution < 1.29 is 4.79 Å². The van der Waals surface area contributed by atoms with Gasteiger partial charge in [0.1, 0.15) is 0 Å². The lowest BCUT2D eigenvalue weighted by atomic mass is 10.0. The predicted molar refractivity (Wildman–Crippen MR) is 85.4 cm³/mol. The van der Waals surface area contributed by atoms with E-state index in [-0.39, 0.29) is 18.0 Å². The summed E-state index contributed by atoms with van der Waals surface area (Å²) in [5, 5.41) is 3.13. The maximum absolute atomic E-state index is 13.0. The van der Waals surface area contributed by atoms with Crippen LogP contribution in [0.3, 0.4) is 0 Å². The Morgan fingerprint density at radius 1 is 1.18 bits per heavy atom. The van der Waals surface area contributed by atoms with Gasteiger partial charge in [0, 0.05) is 12.4 Å². The van der Waals surface area contributed by atoms with Gasteiger partial charge in [-0.1, -0.05) is 30.3 Å². The number of anilines is 1. The van der Waals surface area contributed by atoms with Gasteiger partial charge in [-0.05, 0) is 31.9 Å². The van der Waals surface area contributed by atoms with E-state index in [4.69, 9.17) is 0 Å². The van der Waals surface area contributed by atoms with Gasteiger partial charge in [-0.15, -0.1) is 0 Å². The van der Waals surface area contributed by atoms with E-state index < -0.39 is 0 Å². The molecule has 0 spiro atoms. The van der Waals surface area contributed by atoms with E-state index >= 15 is 0 Å². The first-order valence-electron chi connectivity index (χ1n) is 7.62. The SMILES string of the molecule is CNC1CCCC(c2ccccc2)N(c2cnccn2)C1=O. The van der Waals surface area contributed by atoms with Crippen molar-refractivity contribution in [3.05, 3.63) is 54.5 Å². The molecule has 22 heavy (non-hydrogen) atoms. The van der Waals surface area contributed by atoms with Crippen LogP contribution in [0.25, 0.3) is 0 Å². The second-order valence-electron chi connectivity index (χ2n) is 5.47. The lowest BCUT2D eigenvalue weighted by molar-refractivity contribution is -0.120. The molecule has 0 saturated carbocycles. The van der Waals surface area contributed by atoms with Gasteiger partial charge >= 0.3 is 0 Å². The maximum Gasteiger partial charge on any atom is 0.245 e. The number of carbonyl (C=O) groups is 1. The predicted octanol–water partition coefficient (Wildman–Crippen LogP) is 2.32. The molecule has 2 unspecified atom stereocenters. The van der Waals surface area contributed by atoms with Crippen LogP contribution in [0, 0.1) is 0 Å². The van der Waals surface area contributed by atoms with Gasteiger partial charge < -0.3 is 5.32 Å². The number of hydrogen-bond donors (Lipinski definition) is 1. The molecular weight excluding hydrogens is 276 g/mol. The molecule has 5 heteroatoms. The molecule has 1 saturated heterocycles. The Balaban J connectivity index is 2.04. The molecule has 1 aromatic carbocycles. The molecule has 2 atom stereocenters. The summed E-state index contributed by atoms with van der Waals surface area (Å²) in [6.45, 7) is 0. The Morgan fingerprint density at radius 3 is 2.68 bits per heavy atom. The van der Waals surface area contributed by atoms with Gasteiger partial charge in [0.15, 0.2) is 5.82 Å². The number of rotatable bonds is 3. The van der Waals surface area contributed by atoms with Gasteiger partial charge in [0.2, 0.25) is 5.91 Å². The highest BCUT2D eigenvalue weighted by atomic mass is 16.2. The van der Waals surface area contributed by atoms with E-state index in [9.17, 15) is 4.79 Å². The van der Waals surface area contributed by atoms with E-state index in [1.54, 1.807) is 23.5 Å². The smallest absolute Gasteiger partial charge is 0.245 e. The molecule has 1 fully saturated rings. The number of carbonyl (C=O) groups excluding carboxylic acids is 1. The topological polar surface area (TPSA) is 58.1 Å². The van der Waals surface area contributed by atoms with Crippen molar-refractivity contribution in [3.63, 3.8) is 0 Å². The third kappa shape index (κ3) is 2.85. The number of nitrogens with one attached hydrogen (secondary N) is 1. The van der Waals surface area contributed by atoms with Crippen LogP contribution >= 0.6 is 0 Å². The van der Waals surface area contributed by atoms with Crippen LogP contribution in [-0.2, 0) is 4.79 Å². The first-order chi connectivity index (χ1) is 10.8. The van der Waals surface area contributed by atoms with Gasteiger partial charge in [0.05, 0.1) is 18.3 Å². The summed E-state index contributed by atoms with van der Waals surface area (Å²) in [6, 6.07) is 9.98.